The smallest absolute Gasteiger partial charge is 0.156 e. The molecular formula is C18H19NO. The number of hydrogen-bond donors (Lipinski definition) is 0. The highest BCUT2D eigenvalue weighted by atomic mass is 16.1. The van der Waals surface area contributed by atoms with Crippen molar-refractivity contribution < 1.29 is 4.79 Å². The van der Waals surface area contributed by atoms with Crippen molar-refractivity contribution in [2.75, 3.05) is 0 Å². The van der Waals surface area contributed by atoms with E-state index in [1.165, 1.54) is 0 Å². The van der Waals surface area contributed by atoms with Gasteiger partial charge in [-0.1, -0.05) is 26.0 Å². The van der Waals surface area contributed by atoms with Gasteiger partial charge in [0.2, 0.25) is 0 Å². The largest absolute Gasteiger partial charge is 0.295 e. The second-order valence-electron chi connectivity index (χ2n) is 6.51. The molecule has 0 amide bonds. The molecule has 3 rings (SSSR count). The Morgan fingerprint density at radius 2 is 1.90 bits per heavy atom. The minimum absolute atomic E-state index is 0.0572. The Bertz CT molecular complexity index is 725. The number of hydrogen-bond acceptors (Lipinski definition) is 2. The lowest BCUT2D eigenvalue weighted by Crippen LogP contribution is -2.21. The topological polar surface area (TPSA) is 30.0 Å². The molecule has 1 aromatic carbocycles. The summed E-state index contributed by atoms with van der Waals surface area (Å²) in [6.07, 6.45) is 3.41. The third kappa shape index (κ3) is 2.51. The average Bonchev–Trinajstić information content (AvgIpc) is 2.35. The number of pyridine rings is 1. The number of nitrogens with zero attached hydrogens (tertiary/aromatic N) is 1. The molecule has 1 aliphatic carbocycles. The molecule has 0 radical (unpaired) electrons. The fourth-order valence-electron chi connectivity index (χ4n) is 2.96. The van der Waals surface area contributed by atoms with E-state index < -0.39 is 0 Å². The van der Waals surface area contributed by atoms with Crippen molar-refractivity contribution in [1.29, 1.82) is 0 Å². The highest BCUT2D eigenvalue weighted by Crippen LogP contribution is 2.38. The molecule has 0 unspecified atom stereocenters. The summed E-state index contributed by atoms with van der Waals surface area (Å²) in [5, 5.41) is 1.13. The van der Waals surface area contributed by atoms with Crippen molar-refractivity contribution in [3.05, 3.63) is 47.7 Å². The fraction of sp³-hybridized carbons (Fsp3) is 0.333. The van der Waals surface area contributed by atoms with Gasteiger partial charge in [0.1, 0.15) is 0 Å². The van der Waals surface area contributed by atoms with E-state index >= 15 is 0 Å². The minimum atomic E-state index is 0.0572. The predicted octanol–water partition coefficient (Wildman–Crippen LogP) is 4.32. The van der Waals surface area contributed by atoms with Crippen molar-refractivity contribution in [3.63, 3.8) is 0 Å². The maximum atomic E-state index is 11.9. The summed E-state index contributed by atoms with van der Waals surface area (Å²) in [5.74, 6) is 0.235. The molecule has 0 bridgehead atoms. The summed E-state index contributed by atoms with van der Waals surface area (Å²) in [5.41, 5.74) is 4.38. The molecule has 2 aromatic rings. The van der Waals surface area contributed by atoms with Crippen molar-refractivity contribution in [2.24, 2.45) is 5.41 Å². The number of benzene rings is 1. The molecule has 2 heteroatoms. The van der Waals surface area contributed by atoms with Gasteiger partial charge in [0.05, 0.1) is 5.52 Å². The Hall–Kier alpha value is -1.96. The number of aromatic nitrogens is 1. The van der Waals surface area contributed by atoms with Gasteiger partial charge in [-0.05, 0) is 54.2 Å². The zero-order chi connectivity index (χ0) is 14.3. The molecule has 0 saturated carbocycles. The molecule has 2 nitrogen and oxygen atoms in total. The average molecular weight is 265 g/mol. The Balaban J connectivity index is 2.06. The van der Waals surface area contributed by atoms with E-state index in [1.807, 2.05) is 25.1 Å². The summed E-state index contributed by atoms with van der Waals surface area (Å²) in [6.45, 7) is 6.31. The molecular weight excluding hydrogens is 246 g/mol. The van der Waals surface area contributed by atoms with Gasteiger partial charge in [-0.2, -0.15) is 0 Å². The number of aryl methyl sites for hydroxylation is 1. The van der Waals surface area contributed by atoms with Gasteiger partial charge in [-0.15, -0.1) is 0 Å². The highest BCUT2D eigenvalue weighted by Gasteiger charge is 2.27. The number of carbonyl (C=O) groups excluding carboxylic acids is 1. The first-order valence-corrected chi connectivity index (χ1v) is 7.04. The molecule has 1 aliphatic rings. The highest BCUT2D eigenvalue weighted by molar-refractivity contribution is 5.99. The molecule has 0 N–H and O–H groups in total. The molecule has 20 heavy (non-hydrogen) atoms. The lowest BCUT2D eigenvalue weighted by atomic mass is 9.75. The number of fused-ring (bicyclic) bond motifs is 1. The van der Waals surface area contributed by atoms with Gasteiger partial charge < -0.3 is 0 Å². The van der Waals surface area contributed by atoms with Crippen molar-refractivity contribution in [1.82, 2.24) is 4.98 Å². The van der Waals surface area contributed by atoms with E-state index in [0.29, 0.717) is 6.42 Å². The van der Waals surface area contributed by atoms with E-state index in [1.54, 1.807) is 0 Å². The molecule has 0 saturated heterocycles. The van der Waals surface area contributed by atoms with Crippen LogP contribution in [0.25, 0.3) is 16.5 Å². The molecule has 102 valence electrons. The number of rotatable bonds is 1. The van der Waals surface area contributed by atoms with Gasteiger partial charge in [0, 0.05) is 17.5 Å². The van der Waals surface area contributed by atoms with Crippen LogP contribution in [-0.2, 0) is 4.79 Å². The third-order valence-electron chi connectivity index (χ3n) is 3.86. The quantitative estimate of drug-likeness (QED) is 0.768. The first-order chi connectivity index (χ1) is 9.43. The van der Waals surface area contributed by atoms with Crippen LogP contribution in [0.4, 0.5) is 0 Å². The molecule has 0 spiro atoms. The van der Waals surface area contributed by atoms with Crippen LogP contribution in [0.3, 0.4) is 0 Å². The lowest BCUT2D eigenvalue weighted by molar-refractivity contribution is -0.116. The summed E-state index contributed by atoms with van der Waals surface area (Å²) in [4.78, 5) is 16.4. The number of ketones is 1. The van der Waals surface area contributed by atoms with Gasteiger partial charge in [-0.3, -0.25) is 9.78 Å². The maximum Gasteiger partial charge on any atom is 0.156 e. The van der Waals surface area contributed by atoms with E-state index in [0.717, 1.165) is 34.2 Å². The van der Waals surface area contributed by atoms with Crippen molar-refractivity contribution >= 4 is 22.3 Å². The SMILES string of the molecule is Cc1ccc2cc(C3=CC(=O)CC(C)(C)C3)ccc2n1. The fourth-order valence-corrected chi connectivity index (χ4v) is 2.96. The standard InChI is InChI=1S/C18H19NO/c1-12-4-5-14-8-13(6-7-17(14)19-12)15-9-16(20)11-18(2,3)10-15/h4-9H,10-11H2,1-3H3. The van der Waals surface area contributed by atoms with Gasteiger partial charge in [0.25, 0.3) is 0 Å². The summed E-state index contributed by atoms with van der Waals surface area (Å²) >= 11 is 0. The molecule has 1 heterocycles. The zero-order valence-corrected chi connectivity index (χ0v) is 12.2. The van der Waals surface area contributed by atoms with Gasteiger partial charge in [0.15, 0.2) is 5.78 Å². The normalized spacial score (nSPS) is 18.1. The van der Waals surface area contributed by atoms with E-state index in [2.05, 4.69) is 37.0 Å². The first-order valence-electron chi connectivity index (χ1n) is 7.04. The lowest BCUT2D eigenvalue weighted by Gasteiger charge is -2.29. The second kappa shape index (κ2) is 4.55. The van der Waals surface area contributed by atoms with Crippen LogP contribution >= 0.6 is 0 Å². The summed E-state index contributed by atoms with van der Waals surface area (Å²) in [6, 6.07) is 10.4. The Labute approximate surface area is 119 Å². The second-order valence-corrected chi connectivity index (χ2v) is 6.51. The van der Waals surface area contributed by atoms with E-state index in [4.69, 9.17) is 0 Å². The first kappa shape index (κ1) is 13.0. The van der Waals surface area contributed by atoms with Crippen LogP contribution < -0.4 is 0 Å². The van der Waals surface area contributed by atoms with Gasteiger partial charge >= 0.3 is 0 Å². The van der Waals surface area contributed by atoms with Crippen molar-refractivity contribution in [2.45, 2.75) is 33.6 Å². The number of carbonyl (C=O) groups is 1. The Kier molecular flexibility index (Phi) is 2.97. The predicted molar refractivity (Wildman–Crippen MR) is 82.5 cm³/mol. The molecule has 0 fully saturated rings. The summed E-state index contributed by atoms with van der Waals surface area (Å²) in [7, 11) is 0. The number of allylic oxidation sites excluding steroid dienone is 2. The van der Waals surface area contributed by atoms with Crippen LogP contribution in [0.1, 0.15) is 37.9 Å². The van der Waals surface area contributed by atoms with Gasteiger partial charge in [-0.25, -0.2) is 0 Å². The summed E-state index contributed by atoms with van der Waals surface area (Å²) < 4.78 is 0. The van der Waals surface area contributed by atoms with Crippen LogP contribution in [0.15, 0.2) is 36.4 Å². The third-order valence-corrected chi connectivity index (χ3v) is 3.86. The monoisotopic (exact) mass is 265 g/mol. The van der Waals surface area contributed by atoms with E-state index in [9.17, 15) is 4.79 Å². The molecule has 0 aliphatic heterocycles. The Morgan fingerprint density at radius 1 is 1.10 bits per heavy atom. The molecule has 1 aromatic heterocycles. The van der Waals surface area contributed by atoms with Crippen molar-refractivity contribution in [3.8, 4) is 0 Å². The van der Waals surface area contributed by atoms with Crippen LogP contribution in [0.5, 0.6) is 0 Å². The zero-order valence-electron chi connectivity index (χ0n) is 12.2. The molecule has 0 atom stereocenters. The Morgan fingerprint density at radius 3 is 2.65 bits per heavy atom. The van der Waals surface area contributed by atoms with Crippen LogP contribution in [-0.4, -0.2) is 10.8 Å². The maximum absolute atomic E-state index is 11.9. The minimum Gasteiger partial charge on any atom is -0.295 e. The van der Waals surface area contributed by atoms with Crippen LogP contribution in [0.2, 0.25) is 0 Å². The van der Waals surface area contributed by atoms with Crippen LogP contribution in [0, 0.1) is 12.3 Å². The van der Waals surface area contributed by atoms with E-state index in [-0.39, 0.29) is 11.2 Å².